The highest BCUT2D eigenvalue weighted by Crippen LogP contribution is 2.12. The largest absolute Gasteiger partial charge is 0.348 e. The lowest BCUT2D eigenvalue weighted by Crippen LogP contribution is -2.41. The molecule has 1 saturated heterocycles. The van der Waals surface area contributed by atoms with Crippen LogP contribution in [0.5, 0.6) is 0 Å². The van der Waals surface area contributed by atoms with Crippen molar-refractivity contribution in [3.8, 4) is 0 Å². The van der Waals surface area contributed by atoms with E-state index >= 15 is 0 Å². The number of carbonyl (C=O) groups is 2. The maximum Gasteiger partial charge on any atom is 0.240 e. The number of hydrogen-bond acceptors (Lipinski definition) is 3. The maximum atomic E-state index is 11.9. The highest BCUT2D eigenvalue weighted by Gasteiger charge is 2.20. The molecule has 0 spiro atoms. The Bertz CT molecular complexity index is 430. The minimum atomic E-state index is -0.121. The van der Waals surface area contributed by atoms with Crippen molar-refractivity contribution < 1.29 is 9.59 Å². The maximum absolute atomic E-state index is 11.9. The zero-order valence-corrected chi connectivity index (χ0v) is 11.2. The van der Waals surface area contributed by atoms with E-state index in [4.69, 9.17) is 0 Å². The van der Waals surface area contributed by atoms with E-state index in [0.29, 0.717) is 13.0 Å². The van der Waals surface area contributed by atoms with Gasteiger partial charge in [0.1, 0.15) is 0 Å². The first kappa shape index (κ1) is 13.6. The van der Waals surface area contributed by atoms with Gasteiger partial charge in [-0.3, -0.25) is 14.7 Å². The Hall–Kier alpha value is -1.85. The fraction of sp³-hybridized carbons (Fsp3) is 0.615. The molecule has 1 aliphatic rings. The molecule has 1 aliphatic heterocycles. The van der Waals surface area contributed by atoms with E-state index in [2.05, 4.69) is 15.5 Å². The zero-order valence-electron chi connectivity index (χ0n) is 11.2. The number of likely N-dealkylation sites (tertiary alicyclic amines) is 1. The monoisotopic (exact) mass is 264 g/mol. The lowest BCUT2D eigenvalue weighted by atomic mass is 10.2. The third-order valence-electron chi connectivity index (χ3n) is 3.40. The SMILES string of the molecule is CC(NC(=O)CN1CCCCCC1=O)c1cn[nH]c1. The third-order valence-corrected chi connectivity index (χ3v) is 3.40. The quantitative estimate of drug-likeness (QED) is 0.851. The van der Waals surface area contributed by atoms with Gasteiger partial charge >= 0.3 is 0 Å². The molecule has 1 fully saturated rings. The first-order chi connectivity index (χ1) is 9.16. The molecule has 2 rings (SSSR count). The number of nitrogens with zero attached hydrogens (tertiary/aromatic N) is 2. The van der Waals surface area contributed by atoms with Gasteiger partial charge in [0.2, 0.25) is 11.8 Å². The lowest BCUT2D eigenvalue weighted by molar-refractivity contribution is -0.135. The summed E-state index contributed by atoms with van der Waals surface area (Å²) in [7, 11) is 0. The van der Waals surface area contributed by atoms with Gasteiger partial charge in [0.05, 0.1) is 18.8 Å². The smallest absolute Gasteiger partial charge is 0.240 e. The Kier molecular flexibility index (Phi) is 4.54. The molecule has 1 aromatic rings. The molecular formula is C13H20N4O2. The van der Waals surface area contributed by atoms with E-state index in [0.717, 1.165) is 24.8 Å². The molecule has 2 N–H and O–H groups in total. The predicted molar refractivity (Wildman–Crippen MR) is 70.2 cm³/mol. The molecule has 0 radical (unpaired) electrons. The van der Waals surface area contributed by atoms with Crippen LogP contribution in [0.25, 0.3) is 0 Å². The van der Waals surface area contributed by atoms with Crippen LogP contribution in [0.4, 0.5) is 0 Å². The van der Waals surface area contributed by atoms with Gasteiger partial charge in [-0.05, 0) is 19.8 Å². The van der Waals surface area contributed by atoms with Crippen molar-refractivity contribution in [2.24, 2.45) is 0 Å². The normalized spacial score (nSPS) is 17.9. The number of aromatic nitrogens is 2. The van der Waals surface area contributed by atoms with E-state index < -0.39 is 0 Å². The molecule has 1 aromatic heterocycles. The predicted octanol–water partition coefficient (Wildman–Crippen LogP) is 0.989. The molecule has 0 bridgehead atoms. The van der Waals surface area contributed by atoms with Gasteiger partial charge < -0.3 is 10.2 Å². The van der Waals surface area contributed by atoms with Crippen LogP contribution in [0.15, 0.2) is 12.4 Å². The van der Waals surface area contributed by atoms with Gasteiger partial charge in [0, 0.05) is 24.7 Å². The van der Waals surface area contributed by atoms with Crippen LogP contribution in [-0.4, -0.2) is 40.0 Å². The Balaban J connectivity index is 1.84. The first-order valence-corrected chi connectivity index (χ1v) is 6.72. The number of nitrogens with one attached hydrogen (secondary N) is 2. The van der Waals surface area contributed by atoms with E-state index in [9.17, 15) is 9.59 Å². The second-order valence-corrected chi connectivity index (χ2v) is 4.95. The number of rotatable bonds is 4. The van der Waals surface area contributed by atoms with Crippen LogP contribution in [0, 0.1) is 0 Å². The van der Waals surface area contributed by atoms with Crippen LogP contribution in [0.2, 0.25) is 0 Å². The molecule has 19 heavy (non-hydrogen) atoms. The molecule has 1 atom stereocenters. The Morgan fingerprint density at radius 3 is 3.11 bits per heavy atom. The average molecular weight is 264 g/mol. The Morgan fingerprint density at radius 1 is 1.53 bits per heavy atom. The minimum Gasteiger partial charge on any atom is -0.348 e. The minimum absolute atomic E-state index is 0.0867. The molecule has 0 saturated carbocycles. The van der Waals surface area contributed by atoms with Gasteiger partial charge in [0.25, 0.3) is 0 Å². The van der Waals surface area contributed by atoms with E-state index in [1.165, 1.54) is 0 Å². The molecule has 0 aliphatic carbocycles. The fourth-order valence-electron chi connectivity index (χ4n) is 2.25. The van der Waals surface area contributed by atoms with Crippen LogP contribution < -0.4 is 5.32 Å². The summed E-state index contributed by atoms with van der Waals surface area (Å²) < 4.78 is 0. The van der Waals surface area contributed by atoms with Crippen molar-refractivity contribution in [2.75, 3.05) is 13.1 Å². The zero-order chi connectivity index (χ0) is 13.7. The van der Waals surface area contributed by atoms with Crippen molar-refractivity contribution in [3.05, 3.63) is 18.0 Å². The second-order valence-electron chi connectivity index (χ2n) is 4.95. The molecule has 6 heteroatoms. The molecule has 1 unspecified atom stereocenters. The summed E-state index contributed by atoms with van der Waals surface area (Å²) in [5, 5.41) is 9.44. The summed E-state index contributed by atoms with van der Waals surface area (Å²) in [5.74, 6) is -0.0347. The van der Waals surface area contributed by atoms with Crippen molar-refractivity contribution in [1.29, 1.82) is 0 Å². The molecule has 0 aromatic carbocycles. The Labute approximate surface area is 112 Å². The Morgan fingerprint density at radius 2 is 2.37 bits per heavy atom. The van der Waals surface area contributed by atoms with Crippen molar-refractivity contribution >= 4 is 11.8 Å². The standard InChI is InChI=1S/C13H20N4O2/c1-10(11-7-14-15-8-11)16-12(18)9-17-6-4-2-3-5-13(17)19/h7-8,10H,2-6,9H2,1H3,(H,14,15)(H,16,18). The van der Waals surface area contributed by atoms with Crippen LogP contribution in [0.1, 0.15) is 44.2 Å². The third kappa shape index (κ3) is 3.81. The van der Waals surface area contributed by atoms with Gasteiger partial charge in [-0.2, -0.15) is 5.10 Å². The van der Waals surface area contributed by atoms with Crippen molar-refractivity contribution in [1.82, 2.24) is 20.4 Å². The van der Waals surface area contributed by atoms with E-state index in [-0.39, 0.29) is 24.4 Å². The second kappa shape index (κ2) is 6.36. The first-order valence-electron chi connectivity index (χ1n) is 6.72. The summed E-state index contributed by atoms with van der Waals surface area (Å²) in [5.41, 5.74) is 0.926. The summed E-state index contributed by atoms with van der Waals surface area (Å²) in [6, 6.07) is -0.103. The van der Waals surface area contributed by atoms with Gasteiger partial charge in [-0.25, -0.2) is 0 Å². The molecule has 104 valence electrons. The number of amides is 2. The number of H-pyrrole nitrogens is 1. The topological polar surface area (TPSA) is 78.1 Å². The van der Waals surface area contributed by atoms with Gasteiger partial charge in [0.15, 0.2) is 0 Å². The average Bonchev–Trinajstić information content (AvgIpc) is 2.83. The van der Waals surface area contributed by atoms with Crippen molar-refractivity contribution in [3.63, 3.8) is 0 Å². The highest BCUT2D eigenvalue weighted by atomic mass is 16.2. The molecule has 2 amide bonds. The highest BCUT2D eigenvalue weighted by molar-refractivity contribution is 5.85. The van der Waals surface area contributed by atoms with Crippen molar-refractivity contribution in [2.45, 2.75) is 38.6 Å². The van der Waals surface area contributed by atoms with Gasteiger partial charge in [-0.1, -0.05) is 6.42 Å². The summed E-state index contributed by atoms with van der Waals surface area (Å²) >= 11 is 0. The lowest BCUT2D eigenvalue weighted by Gasteiger charge is -2.21. The van der Waals surface area contributed by atoms with E-state index in [1.807, 2.05) is 6.92 Å². The summed E-state index contributed by atoms with van der Waals surface area (Å²) in [6.07, 6.45) is 6.97. The van der Waals surface area contributed by atoms with Crippen LogP contribution in [0.3, 0.4) is 0 Å². The van der Waals surface area contributed by atoms with E-state index in [1.54, 1.807) is 17.3 Å². The summed E-state index contributed by atoms with van der Waals surface area (Å²) in [4.78, 5) is 25.4. The van der Waals surface area contributed by atoms with Crippen LogP contribution in [-0.2, 0) is 9.59 Å². The molecular weight excluding hydrogens is 244 g/mol. The van der Waals surface area contributed by atoms with Gasteiger partial charge in [-0.15, -0.1) is 0 Å². The number of aromatic amines is 1. The summed E-state index contributed by atoms with van der Waals surface area (Å²) in [6.45, 7) is 2.74. The molecule has 2 heterocycles. The van der Waals surface area contributed by atoms with Crippen LogP contribution >= 0.6 is 0 Å². The number of carbonyl (C=O) groups excluding carboxylic acids is 2. The fourth-order valence-corrected chi connectivity index (χ4v) is 2.25. The molecule has 6 nitrogen and oxygen atoms in total. The number of hydrogen-bond donors (Lipinski definition) is 2.